The molecular weight excluding hydrogens is 311 g/mol. The van der Waals surface area contributed by atoms with E-state index in [1.807, 2.05) is 0 Å². The third-order valence-electron chi connectivity index (χ3n) is 4.96. The molecule has 132 valence electrons. The van der Waals surface area contributed by atoms with E-state index < -0.39 is 24.0 Å². The number of carbonyl (C=O) groups is 2. The van der Waals surface area contributed by atoms with Gasteiger partial charge in [-0.2, -0.15) is 13.2 Å². The molecule has 2 N–H and O–H groups in total. The van der Waals surface area contributed by atoms with Crippen LogP contribution in [-0.4, -0.2) is 60.0 Å². The summed E-state index contributed by atoms with van der Waals surface area (Å²) in [6.07, 6.45) is -2.31. The number of carbonyl (C=O) groups excluding carboxylic acids is 2. The first kappa shape index (κ1) is 18.0. The van der Waals surface area contributed by atoms with Crippen molar-refractivity contribution in [3.8, 4) is 0 Å². The minimum atomic E-state index is -4.22. The molecule has 23 heavy (non-hydrogen) atoms. The zero-order valence-electron chi connectivity index (χ0n) is 13.3. The monoisotopic (exact) mass is 335 g/mol. The van der Waals surface area contributed by atoms with E-state index in [4.69, 9.17) is 5.73 Å². The number of nitrogens with two attached hydrogens (primary N) is 1. The van der Waals surface area contributed by atoms with Gasteiger partial charge in [-0.15, -0.1) is 0 Å². The maximum absolute atomic E-state index is 12.9. The molecule has 3 atom stereocenters. The summed E-state index contributed by atoms with van der Waals surface area (Å²) in [5.74, 6) is -2.36. The zero-order chi connectivity index (χ0) is 17.2. The second-order valence-corrected chi connectivity index (χ2v) is 6.58. The van der Waals surface area contributed by atoms with Crippen molar-refractivity contribution in [1.82, 2.24) is 9.80 Å². The molecule has 2 rings (SSSR count). The highest BCUT2D eigenvalue weighted by atomic mass is 19.4. The van der Waals surface area contributed by atoms with Gasteiger partial charge in [0.25, 0.3) is 0 Å². The maximum Gasteiger partial charge on any atom is 0.393 e. The molecule has 2 aliphatic heterocycles. The number of alkyl halides is 3. The van der Waals surface area contributed by atoms with E-state index in [0.717, 1.165) is 0 Å². The first-order valence-electron chi connectivity index (χ1n) is 8.09. The van der Waals surface area contributed by atoms with Gasteiger partial charge in [-0.25, -0.2) is 0 Å². The molecule has 2 amide bonds. The largest absolute Gasteiger partial charge is 0.393 e. The predicted molar refractivity (Wildman–Crippen MR) is 78.3 cm³/mol. The molecule has 2 saturated heterocycles. The molecule has 0 aromatic carbocycles. The normalized spacial score (nSPS) is 28.4. The Labute approximate surface area is 134 Å². The SMILES string of the molecule is CC(C(=O)N1CCCC(C(N)=O)C1)N1CCCC(C(F)(F)F)C1. The van der Waals surface area contributed by atoms with Crippen LogP contribution in [0.4, 0.5) is 13.2 Å². The molecule has 2 fully saturated rings. The summed E-state index contributed by atoms with van der Waals surface area (Å²) in [5.41, 5.74) is 5.30. The third-order valence-corrected chi connectivity index (χ3v) is 4.96. The fraction of sp³-hybridized carbons (Fsp3) is 0.867. The summed E-state index contributed by atoms with van der Waals surface area (Å²) in [7, 11) is 0. The van der Waals surface area contributed by atoms with Gasteiger partial charge in [-0.3, -0.25) is 14.5 Å². The summed E-state index contributed by atoms with van der Waals surface area (Å²) in [6.45, 7) is 2.81. The van der Waals surface area contributed by atoms with E-state index in [1.165, 1.54) is 0 Å². The van der Waals surface area contributed by atoms with Crippen molar-refractivity contribution in [2.24, 2.45) is 17.6 Å². The quantitative estimate of drug-likeness (QED) is 0.847. The summed E-state index contributed by atoms with van der Waals surface area (Å²) in [6, 6.07) is -0.605. The second kappa shape index (κ2) is 7.07. The van der Waals surface area contributed by atoms with E-state index in [-0.39, 0.29) is 31.3 Å². The minimum Gasteiger partial charge on any atom is -0.369 e. The van der Waals surface area contributed by atoms with Gasteiger partial charge < -0.3 is 10.6 Å². The van der Waals surface area contributed by atoms with Gasteiger partial charge in [-0.1, -0.05) is 0 Å². The molecule has 0 bridgehead atoms. The van der Waals surface area contributed by atoms with E-state index in [1.54, 1.807) is 16.7 Å². The molecule has 0 aromatic rings. The zero-order valence-corrected chi connectivity index (χ0v) is 13.3. The Hall–Kier alpha value is -1.31. The Kier molecular flexibility index (Phi) is 5.54. The average Bonchev–Trinajstić information content (AvgIpc) is 2.53. The Morgan fingerprint density at radius 1 is 1.13 bits per heavy atom. The maximum atomic E-state index is 12.9. The number of likely N-dealkylation sites (tertiary alicyclic amines) is 2. The van der Waals surface area contributed by atoms with Crippen molar-refractivity contribution in [1.29, 1.82) is 0 Å². The molecule has 0 spiro atoms. The summed E-state index contributed by atoms with van der Waals surface area (Å²) in [5, 5.41) is 0. The number of nitrogens with zero attached hydrogens (tertiary/aromatic N) is 2. The van der Waals surface area contributed by atoms with Crippen LogP contribution in [0, 0.1) is 11.8 Å². The Bertz CT molecular complexity index is 456. The van der Waals surface area contributed by atoms with Crippen molar-refractivity contribution in [2.45, 2.75) is 44.8 Å². The highest BCUT2D eigenvalue weighted by Gasteiger charge is 2.43. The predicted octanol–water partition coefficient (Wildman–Crippen LogP) is 1.37. The fourth-order valence-corrected chi connectivity index (χ4v) is 3.46. The van der Waals surface area contributed by atoms with E-state index in [0.29, 0.717) is 32.4 Å². The molecular formula is C15H24F3N3O2. The topological polar surface area (TPSA) is 66.6 Å². The van der Waals surface area contributed by atoms with Crippen LogP contribution in [0.3, 0.4) is 0 Å². The first-order chi connectivity index (χ1) is 10.7. The third kappa shape index (κ3) is 4.37. The van der Waals surface area contributed by atoms with Crippen LogP contribution in [0.2, 0.25) is 0 Å². The molecule has 0 radical (unpaired) electrons. The van der Waals surface area contributed by atoms with Gasteiger partial charge in [0.05, 0.1) is 17.9 Å². The lowest BCUT2D eigenvalue weighted by Crippen LogP contribution is -2.54. The van der Waals surface area contributed by atoms with E-state index in [2.05, 4.69) is 0 Å². The standard InChI is InChI=1S/C15H24F3N3O2/c1-10(20-6-3-5-12(9-20)15(16,17)18)14(23)21-7-2-4-11(8-21)13(19)22/h10-12H,2-9H2,1H3,(H2,19,22). The highest BCUT2D eigenvalue weighted by Crippen LogP contribution is 2.34. The minimum absolute atomic E-state index is 0.119. The van der Waals surface area contributed by atoms with Gasteiger partial charge >= 0.3 is 6.18 Å². The summed E-state index contributed by atoms with van der Waals surface area (Å²) >= 11 is 0. The number of hydrogen-bond acceptors (Lipinski definition) is 3. The van der Waals surface area contributed by atoms with E-state index >= 15 is 0 Å². The van der Waals surface area contributed by atoms with Crippen LogP contribution in [0.15, 0.2) is 0 Å². The van der Waals surface area contributed by atoms with Crippen molar-refractivity contribution in [3.05, 3.63) is 0 Å². The van der Waals surface area contributed by atoms with Gasteiger partial charge in [0.15, 0.2) is 0 Å². The van der Waals surface area contributed by atoms with Crippen molar-refractivity contribution in [2.75, 3.05) is 26.2 Å². The van der Waals surface area contributed by atoms with Gasteiger partial charge in [0.2, 0.25) is 11.8 Å². The summed E-state index contributed by atoms with van der Waals surface area (Å²) < 4.78 is 38.7. The van der Waals surface area contributed by atoms with Gasteiger partial charge in [-0.05, 0) is 39.2 Å². The van der Waals surface area contributed by atoms with Gasteiger partial charge in [0.1, 0.15) is 0 Å². The smallest absolute Gasteiger partial charge is 0.369 e. The first-order valence-corrected chi connectivity index (χ1v) is 8.09. The lowest BCUT2D eigenvalue weighted by Gasteiger charge is -2.40. The average molecular weight is 335 g/mol. The van der Waals surface area contributed by atoms with Crippen LogP contribution in [0.1, 0.15) is 32.6 Å². The lowest BCUT2D eigenvalue weighted by atomic mass is 9.95. The van der Waals surface area contributed by atoms with Crippen LogP contribution in [0.25, 0.3) is 0 Å². The van der Waals surface area contributed by atoms with Crippen LogP contribution < -0.4 is 5.73 Å². The van der Waals surface area contributed by atoms with Crippen molar-refractivity contribution >= 4 is 11.8 Å². The van der Waals surface area contributed by atoms with Crippen LogP contribution in [-0.2, 0) is 9.59 Å². The van der Waals surface area contributed by atoms with Crippen LogP contribution in [0.5, 0.6) is 0 Å². The lowest BCUT2D eigenvalue weighted by molar-refractivity contribution is -0.189. The molecule has 3 unspecified atom stereocenters. The molecule has 8 heteroatoms. The molecule has 0 aliphatic carbocycles. The Morgan fingerprint density at radius 2 is 1.78 bits per heavy atom. The van der Waals surface area contributed by atoms with Gasteiger partial charge in [0, 0.05) is 19.6 Å². The van der Waals surface area contributed by atoms with Crippen molar-refractivity contribution < 1.29 is 22.8 Å². The van der Waals surface area contributed by atoms with Crippen molar-refractivity contribution in [3.63, 3.8) is 0 Å². The molecule has 5 nitrogen and oxygen atoms in total. The summed E-state index contributed by atoms with van der Waals surface area (Å²) in [4.78, 5) is 27.0. The Balaban J connectivity index is 1.97. The number of amides is 2. The Morgan fingerprint density at radius 3 is 2.39 bits per heavy atom. The molecule has 2 aliphatic rings. The van der Waals surface area contributed by atoms with E-state index in [9.17, 15) is 22.8 Å². The second-order valence-electron chi connectivity index (χ2n) is 6.58. The number of piperidine rings is 2. The molecule has 0 aromatic heterocycles. The number of rotatable bonds is 3. The highest BCUT2D eigenvalue weighted by molar-refractivity contribution is 5.83. The molecule has 2 heterocycles. The van der Waals surface area contributed by atoms with Crippen LogP contribution >= 0.6 is 0 Å². The molecule has 0 saturated carbocycles. The number of primary amides is 1. The number of halogens is 3. The number of hydrogen-bond donors (Lipinski definition) is 1. The fourth-order valence-electron chi connectivity index (χ4n) is 3.46.